The van der Waals surface area contributed by atoms with Crippen LogP contribution in [0.25, 0.3) is 0 Å². The lowest BCUT2D eigenvalue weighted by Crippen LogP contribution is -2.21. The van der Waals surface area contributed by atoms with Crippen LogP contribution in [0.4, 0.5) is 0 Å². The minimum atomic E-state index is -3.69. The fourth-order valence-corrected chi connectivity index (χ4v) is 2.30. The van der Waals surface area contributed by atoms with Crippen molar-refractivity contribution in [2.45, 2.75) is 30.7 Å². The van der Waals surface area contributed by atoms with Crippen molar-refractivity contribution in [1.29, 1.82) is 0 Å². The molecule has 0 bridgehead atoms. The first-order chi connectivity index (χ1) is 9.34. The number of rotatable bonds is 7. The Kier molecular flexibility index (Phi) is 6.12. The molecule has 0 aliphatic heterocycles. The number of benzene rings is 1. The van der Waals surface area contributed by atoms with Crippen molar-refractivity contribution in [2.75, 3.05) is 13.7 Å². The monoisotopic (exact) mass is 300 g/mol. The van der Waals surface area contributed by atoms with E-state index in [9.17, 15) is 13.2 Å². The highest BCUT2D eigenvalue weighted by Gasteiger charge is 2.11. The maximum atomic E-state index is 11.3. The van der Waals surface area contributed by atoms with E-state index < -0.39 is 10.0 Å². The summed E-state index contributed by atoms with van der Waals surface area (Å²) < 4.78 is 27.1. The molecule has 112 valence electrons. The third-order valence-corrected chi connectivity index (χ3v) is 3.83. The van der Waals surface area contributed by atoms with Crippen LogP contribution in [0.1, 0.15) is 31.4 Å². The number of hydrogen-bond acceptors (Lipinski definition) is 5. The van der Waals surface area contributed by atoms with Crippen LogP contribution in [0.3, 0.4) is 0 Å². The molecule has 0 saturated heterocycles. The molecule has 0 aliphatic carbocycles. The van der Waals surface area contributed by atoms with Crippen molar-refractivity contribution in [1.82, 2.24) is 5.32 Å². The summed E-state index contributed by atoms with van der Waals surface area (Å²) in [5.41, 5.74) is 0.828. The number of esters is 1. The molecule has 1 atom stereocenters. The number of sulfonamides is 1. The van der Waals surface area contributed by atoms with Crippen LogP contribution < -0.4 is 10.5 Å². The zero-order chi connectivity index (χ0) is 15.2. The highest BCUT2D eigenvalue weighted by Crippen LogP contribution is 2.16. The van der Waals surface area contributed by atoms with Crippen molar-refractivity contribution in [3.8, 4) is 0 Å². The van der Waals surface area contributed by atoms with E-state index >= 15 is 0 Å². The highest BCUT2D eigenvalue weighted by atomic mass is 32.2. The molecule has 0 spiro atoms. The molecule has 6 nitrogen and oxygen atoms in total. The normalized spacial score (nSPS) is 12.9. The van der Waals surface area contributed by atoms with Gasteiger partial charge in [-0.15, -0.1) is 0 Å². The van der Waals surface area contributed by atoms with Crippen molar-refractivity contribution in [3.05, 3.63) is 29.8 Å². The van der Waals surface area contributed by atoms with E-state index in [2.05, 4.69) is 10.1 Å². The first-order valence-corrected chi connectivity index (χ1v) is 7.82. The first-order valence-electron chi connectivity index (χ1n) is 6.27. The van der Waals surface area contributed by atoms with Gasteiger partial charge in [0.05, 0.1) is 12.0 Å². The van der Waals surface area contributed by atoms with Crippen molar-refractivity contribution >= 4 is 16.0 Å². The van der Waals surface area contributed by atoms with E-state index in [4.69, 9.17) is 5.14 Å². The predicted molar refractivity (Wildman–Crippen MR) is 75.5 cm³/mol. The molecule has 1 aromatic carbocycles. The van der Waals surface area contributed by atoms with Gasteiger partial charge in [0.25, 0.3) is 0 Å². The van der Waals surface area contributed by atoms with Gasteiger partial charge in [-0.1, -0.05) is 12.1 Å². The Morgan fingerprint density at radius 3 is 2.75 bits per heavy atom. The van der Waals surface area contributed by atoms with Crippen LogP contribution in [0.2, 0.25) is 0 Å². The Morgan fingerprint density at radius 2 is 2.15 bits per heavy atom. The average molecular weight is 300 g/mol. The molecule has 0 fully saturated rings. The van der Waals surface area contributed by atoms with E-state index in [1.807, 2.05) is 13.0 Å². The maximum Gasteiger partial charge on any atom is 0.305 e. The van der Waals surface area contributed by atoms with Crippen molar-refractivity contribution in [3.63, 3.8) is 0 Å². The van der Waals surface area contributed by atoms with Gasteiger partial charge < -0.3 is 10.1 Å². The van der Waals surface area contributed by atoms with Gasteiger partial charge in [0.1, 0.15) is 0 Å². The van der Waals surface area contributed by atoms with Gasteiger partial charge in [0.15, 0.2) is 0 Å². The van der Waals surface area contributed by atoms with Crippen LogP contribution in [0, 0.1) is 0 Å². The SMILES string of the molecule is COC(=O)CCCNC(C)c1cccc(S(N)(=O)=O)c1. The van der Waals surface area contributed by atoms with Crippen LogP contribution in [0.5, 0.6) is 0 Å². The fraction of sp³-hybridized carbons (Fsp3) is 0.462. The minimum Gasteiger partial charge on any atom is -0.469 e. The van der Waals surface area contributed by atoms with Gasteiger partial charge in [-0.05, 0) is 37.6 Å². The standard InChI is InChI=1S/C13H20N2O4S/c1-10(15-8-4-7-13(16)19-2)11-5-3-6-12(9-11)20(14,17)18/h3,5-6,9-10,15H,4,7-8H2,1-2H3,(H2,14,17,18). The third-order valence-electron chi connectivity index (χ3n) is 2.92. The molecule has 20 heavy (non-hydrogen) atoms. The van der Waals surface area contributed by atoms with E-state index in [1.165, 1.54) is 13.2 Å². The van der Waals surface area contributed by atoms with Crippen molar-refractivity contribution in [2.24, 2.45) is 5.14 Å². The number of nitrogens with two attached hydrogens (primary N) is 1. The summed E-state index contributed by atoms with van der Waals surface area (Å²) in [7, 11) is -2.33. The van der Waals surface area contributed by atoms with E-state index in [1.54, 1.807) is 12.1 Å². The minimum absolute atomic E-state index is 0.0330. The second-order valence-electron chi connectivity index (χ2n) is 4.47. The quantitative estimate of drug-likeness (QED) is 0.577. The van der Waals surface area contributed by atoms with E-state index in [0.717, 1.165) is 5.56 Å². The Labute approximate surface area is 119 Å². The zero-order valence-electron chi connectivity index (χ0n) is 11.6. The van der Waals surface area contributed by atoms with Gasteiger partial charge in [0.2, 0.25) is 10.0 Å². The molecule has 1 rings (SSSR count). The molecule has 0 aliphatic rings. The third kappa shape index (κ3) is 5.28. The fourth-order valence-electron chi connectivity index (χ4n) is 1.73. The zero-order valence-corrected chi connectivity index (χ0v) is 12.4. The van der Waals surface area contributed by atoms with Crippen LogP contribution in [0.15, 0.2) is 29.2 Å². The lowest BCUT2D eigenvalue weighted by Gasteiger charge is -2.14. The van der Waals surface area contributed by atoms with Gasteiger partial charge in [-0.25, -0.2) is 13.6 Å². The summed E-state index contributed by atoms with van der Waals surface area (Å²) in [4.78, 5) is 11.0. The number of hydrogen-bond donors (Lipinski definition) is 2. The van der Waals surface area contributed by atoms with Crippen LogP contribution in [-0.4, -0.2) is 28.0 Å². The molecule has 3 N–H and O–H groups in total. The van der Waals surface area contributed by atoms with Crippen LogP contribution >= 0.6 is 0 Å². The average Bonchev–Trinajstić information content (AvgIpc) is 2.42. The largest absolute Gasteiger partial charge is 0.469 e. The highest BCUT2D eigenvalue weighted by molar-refractivity contribution is 7.89. The number of carbonyl (C=O) groups is 1. The smallest absolute Gasteiger partial charge is 0.305 e. The summed E-state index contributed by atoms with van der Waals surface area (Å²) in [6, 6.07) is 6.46. The second kappa shape index (κ2) is 7.37. The number of ether oxygens (including phenoxy) is 1. The molecule has 7 heteroatoms. The Balaban J connectivity index is 2.56. The van der Waals surface area contributed by atoms with E-state index in [-0.39, 0.29) is 16.9 Å². The number of primary sulfonamides is 1. The molecule has 0 radical (unpaired) electrons. The first kappa shape index (κ1) is 16.6. The predicted octanol–water partition coefficient (Wildman–Crippen LogP) is 0.938. The summed E-state index contributed by atoms with van der Waals surface area (Å²) in [6.45, 7) is 2.55. The Hall–Kier alpha value is -1.44. The molecule has 1 unspecified atom stereocenters. The van der Waals surface area contributed by atoms with Crippen LogP contribution in [-0.2, 0) is 19.6 Å². The second-order valence-corrected chi connectivity index (χ2v) is 6.03. The maximum absolute atomic E-state index is 11.3. The summed E-state index contributed by atoms with van der Waals surface area (Å²) >= 11 is 0. The van der Waals surface area contributed by atoms with Gasteiger partial charge >= 0.3 is 5.97 Å². The molecule has 0 saturated carbocycles. The number of carbonyl (C=O) groups excluding carboxylic acids is 1. The molecule has 0 heterocycles. The molecule has 0 amide bonds. The lowest BCUT2D eigenvalue weighted by atomic mass is 10.1. The molecular formula is C13H20N2O4S. The van der Waals surface area contributed by atoms with Gasteiger partial charge in [-0.3, -0.25) is 4.79 Å². The van der Waals surface area contributed by atoms with Gasteiger partial charge in [0, 0.05) is 12.5 Å². The summed E-state index contributed by atoms with van der Waals surface area (Å²) in [5, 5.41) is 8.31. The topological polar surface area (TPSA) is 98.5 Å². The van der Waals surface area contributed by atoms with Gasteiger partial charge in [-0.2, -0.15) is 0 Å². The molecular weight excluding hydrogens is 280 g/mol. The molecule has 0 aromatic heterocycles. The lowest BCUT2D eigenvalue weighted by molar-refractivity contribution is -0.140. The summed E-state index contributed by atoms with van der Waals surface area (Å²) in [5.74, 6) is -0.240. The number of nitrogens with one attached hydrogen (secondary N) is 1. The van der Waals surface area contributed by atoms with E-state index in [0.29, 0.717) is 19.4 Å². The van der Waals surface area contributed by atoms with Crippen molar-refractivity contribution < 1.29 is 17.9 Å². The number of methoxy groups -OCH3 is 1. The Morgan fingerprint density at radius 1 is 1.45 bits per heavy atom. The summed E-state index contributed by atoms with van der Waals surface area (Å²) in [6.07, 6.45) is 1.01. The Bertz CT molecular complexity index is 557. The molecule has 1 aromatic rings.